The van der Waals surface area contributed by atoms with E-state index in [9.17, 15) is 24.1 Å². The van der Waals surface area contributed by atoms with E-state index in [0.29, 0.717) is 12.8 Å². The summed E-state index contributed by atoms with van der Waals surface area (Å²) in [5.41, 5.74) is 4.83. The van der Waals surface area contributed by atoms with Crippen molar-refractivity contribution in [1.82, 2.24) is 19.7 Å². The molecule has 0 saturated heterocycles. The number of nitrogens with zero attached hydrogens (tertiary/aromatic N) is 2. The average Bonchev–Trinajstić information content (AvgIpc) is 3.23. The van der Waals surface area contributed by atoms with Crippen molar-refractivity contribution < 1.29 is 33.5 Å². The molecule has 1 aliphatic heterocycles. The number of nitrogens with two attached hydrogens (primary N) is 1. The smallest absolute Gasteiger partial charge is 0.352 e. The topological polar surface area (TPSA) is 184 Å². The second-order valence-electron chi connectivity index (χ2n) is 9.13. The fourth-order valence-corrected chi connectivity index (χ4v) is 5.90. The Morgan fingerprint density at radius 1 is 1.16 bits per heavy atom. The highest BCUT2D eigenvalue weighted by molar-refractivity contribution is 7.59. The normalized spacial score (nSPS) is 18.8. The molecule has 214 valence electrons. The minimum absolute atomic E-state index is 0.0367. The van der Waals surface area contributed by atoms with E-state index in [1.54, 1.807) is 0 Å². The van der Waals surface area contributed by atoms with Crippen LogP contribution in [0, 0.1) is 0 Å². The van der Waals surface area contributed by atoms with Gasteiger partial charge in [0, 0.05) is 18.8 Å². The van der Waals surface area contributed by atoms with E-state index in [1.807, 2.05) is 13.8 Å². The molecule has 4 atom stereocenters. The molecular formula is C24H40N5O8P. The summed E-state index contributed by atoms with van der Waals surface area (Å²) in [7, 11) is -3.60. The zero-order chi connectivity index (χ0) is 28.3. The van der Waals surface area contributed by atoms with Crippen molar-refractivity contribution in [3.63, 3.8) is 0 Å². The molecule has 0 aromatic carbocycles. The number of anilines is 1. The zero-order valence-electron chi connectivity index (χ0n) is 22.4. The highest BCUT2D eigenvalue weighted by Gasteiger charge is 2.35. The van der Waals surface area contributed by atoms with Crippen LogP contribution >= 0.6 is 7.44 Å². The highest BCUT2D eigenvalue weighted by atomic mass is 31.2. The molecule has 0 spiro atoms. The van der Waals surface area contributed by atoms with Crippen LogP contribution in [0.1, 0.15) is 66.0 Å². The van der Waals surface area contributed by atoms with Crippen LogP contribution in [-0.2, 0) is 28.4 Å². The Labute approximate surface area is 222 Å². The quantitative estimate of drug-likeness (QED) is 0.132. The summed E-state index contributed by atoms with van der Waals surface area (Å²) in [5.74, 6) is -0.817. The number of hydrogen-bond acceptors (Lipinski definition) is 10. The molecule has 2 rings (SSSR count). The van der Waals surface area contributed by atoms with Crippen molar-refractivity contribution in [3.05, 3.63) is 34.6 Å². The van der Waals surface area contributed by atoms with Crippen LogP contribution in [0.25, 0.3) is 0 Å². The molecule has 0 aliphatic carbocycles. The Kier molecular flexibility index (Phi) is 12.4. The first-order valence-electron chi connectivity index (χ1n) is 12.9. The van der Waals surface area contributed by atoms with Crippen LogP contribution in [0.4, 0.5) is 5.82 Å². The number of esters is 2. The van der Waals surface area contributed by atoms with Gasteiger partial charge in [-0.25, -0.2) is 15.0 Å². The molecule has 38 heavy (non-hydrogen) atoms. The van der Waals surface area contributed by atoms with Gasteiger partial charge in [0.1, 0.15) is 24.0 Å². The molecule has 2 heterocycles. The predicted molar refractivity (Wildman–Crippen MR) is 141 cm³/mol. The number of allylic oxidation sites excluding steroid dienone is 1. The van der Waals surface area contributed by atoms with Gasteiger partial charge in [0.05, 0.1) is 19.0 Å². The summed E-state index contributed by atoms with van der Waals surface area (Å²) in [6.45, 7) is 7.49. The molecular weight excluding hydrogens is 517 g/mol. The Morgan fingerprint density at radius 2 is 1.71 bits per heavy atom. The van der Waals surface area contributed by atoms with Crippen molar-refractivity contribution in [1.29, 1.82) is 0 Å². The van der Waals surface area contributed by atoms with Crippen molar-refractivity contribution in [3.8, 4) is 0 Å². The summed E-state index contributed by atoms with van der Waals surface area (Å²) in [6.07, 6.45) is 3.65. The largest absolute Gasteiger partial charge is 0.471 e. The van der Waals surface area contributed by atoms with Gasteiger partial charge in [0.2, 0.25) is 13.7 Å². The van der Waals surface area contributed by atoms with Crippen LogP contribution in [0.3, 0.4) is 0 Å². The van der Waals surface area contributed by atoms with E-state index in [-0.39, 0.29) is 37.4 Å². The maximum absolute atomic E-state index is 13.9. The van der Waals surface area contributed by atoms with Gasteiger partial charge in [0.25, 0.3) is 0 Å². The SMILES string of the molecule is CCCCOC(=O)[C@H](C)NP(=O)(CCC1=C[C@@H](O)[C@H](n2ccc(N)nc2=O)O1)N[C@@H](C)C(=O)OCCCC. The first kappa shape index (κ1) is 31.5. The Morgan fingerprint density at radius 3 is 2.21 bits per heavy atom. The second-order valence-corrected chi connectivity index (χ2v) is 11.6. The zero-order valence-corrected chi connectivity index (χ0v) is 23.3. The number of unbranched alkanes of at least 4 members (excludes halogenated alkanes) is 2. The van der Waals surface area contributed by atoms with Gasteiger partial charge in [-0.3, -0.25) is 18.7 Å². The lowest BCUT2D eigenvalue weighted by atomic mass is 10.3. The number of aliphatic hydroxyl groups is 1. The third kappa shape index (κ3) is 9.54. The number of rotatable bonds is 16. The minimum atomic E-state index is -3.60. The number of ether oxygens (including phenoxy) is 3. The lowest BCUT2D eigenvalue weighted by Crippen LogP contribution is -2.42. The molecule has 14 heteroatoms. The fraction of sp³-hybridized carbons (Fsp3) is 0.667. The molecule has 0 amide bonds. The first-order chi connectivity index (χ1) is 18.0. The lowest BCUT2D eigenvalue weighted by molar-refractivity contribution is -0.145. The van der Waals surface area contributed by atoms with Gasteiger partial charge >= 0.3 is 17.6 Å². The van der Waals surface area contributed by atoms with Crippen molar-refractivity contribution in [2.75, 3.05) is 25.1 Å². The molecule has 0 saturated carbocycles. The first-order valence-corrected chi connectivity index (χ1v) is 14.8. The number of nitrogens with one attached hydrogen (secondary N) is 2. The minimum Gasteiger partial charge on any atom is -0.471 e. The molecule has 1 aliphatic rings. The number of aliphatic hydroxyl groups excluding tert-OH is 1. The van der Waals surface area contributed by atoms with E-state index < -0.39 is 49.5 Å². The second kappa shape index (κ2) is 15.0. The van der Waals surface area contributed by atoms with Crippen molar-refractivity contribution >= 4 is 25.2 Å². The Hall–Kier alpha value is -2.73. The molecule has 1 aromatic rings. The molecule has 5 N–H and O–H groups in total. The van der Waals surface area contributed by atoms with E-state index in [1.165, 1.54) is 32.2 Å². The summed E-state index contributed by atoms with van der Waals surface area (Å²) < 4.78 is 31.2. The summed E-state index contributed by atoms with van der Waals surface area (Å²) in [6, 6.07) is -0.450. The third-order valence-electron chi connectivity index (χ3n) is 5.72. The average molecular weight is 558 g/mol. The van der Waals surface area contributed by atoms with Gasteiger partial charge < -0.3 is 25.1 Å². The molecule has 0 bridgehead atoms. The van der Waals surface area contributed by atoms with Crippen LogP contribution in [-0.4, -0.2) is 64.2 Å². The maximum Gasteiger partial charge on any atom is 0.352 e. The van der Waals surface area contributed by atoms with Crippen molar-refractivity contribution in [2.45, 2.75) is 84.2 Å². The summed E-state index contributed by atoms with van der Waals surface area (Å²) >= 11 is 0. The van der Waals surface area contributed by atoms with Crippen LogP contribution in [0.5, 0.6) is 0 Å². The van der Waals surface area contributed by atoms with E-state index in [4.69, 9.17) is 19.9 Å². The Bertz CT molecular complexity index is 1040. The Balaban J connectivity index is 2.11. The number of aromatic nitrogens is 2. The number of carbonyl (C=O) groups is 2. The van der Waals surface area contributed by atoms with Gasteiger partial charge in [0.15, 0.2) is 0 Å². The number of carbonyl (C=O) groups excluding carboxylic acids is 2. The maximum atomic E-state index is 13.9. The van der Waals surface area contributed by atoms with Gasteiger partial charge in [-0.1, -0.05) is 26.7 Å². The standard InChI is InChI=1S/C24H40N5O8P/c1-5-7-12-35-22(31)16(3)27-38(34,28-17(4)23(32)36-13-8-6-2)14-10-18-15-19(30)21(37-18)29-11-9-20(25)26-24(29)33/h9,11,15-17,19,21,30H,5-8,10,12-14H2,1-4H3,(H2,25,26,33)(H2,27,28,34)/t16-,17-,19+,21+/m0/s1. The highest BCUT2D eigenvalue weighted by Crippen LogP contribution is 2.41. The fourth-order valence-electron chi connectivity index (χ4n) is 3.57. The monoisotopic (exact) mass is 557 g/mol. The molecule has 0 radical (unpaired) electrons. The number of hydrogen-bond donors (Lipinski definition) is 4. The number of nitrogen functional groups attached to an aromatic ring is 1. The summed E-state index contributed by atoms with van der Waals surface area (Å²) in [4.78, 5) is 40.6. The molecule has 1 aromatic heterocycles. The van der Waals surface area contributed by atoms with Crippen LogP contribution < -0.4 is 21.6 Å². The van der Waals surface area contributed by atoms with E-state index in [0.717, 1.165) is 17.4 Å². The third-order valence-corrected chi connectivity index (χ3v) is 8.18. The summed E-state index contributed by atoms with van der Waals surface area (Å²) in [5, 5.41) is 16.0. The van der Waals surface area contributed by atoms with E-state index >= 15 is 0 Å². The molecule has 0 fully saturated rings. The van der Waals surface area contributed by atoms with E-state index in [2.05, 4.69) is 15.2 Å². The van der Waals surface area contributed by atoms with Crippen LogP contribution in [0.15, 0.2) is 28.9 Å². The van der Waals surface area contributed by atoms with Crippen molar-refractivity contribution in [2.24, 2.45) is 0 Å². The molecule has 0 unspecified atom stereocenters. The lowest BCUT2D eigenvalue weighted by Gasteiger charge is -2.27. The van der Waals surface area contributed by atoms with Gasteiger partial charge in [-0.2, -0.15) is 4.98 Å². The molecule has 13 nitrogen and oxygen atoms in total. The van der Waals surface area contributed by atoms with Crippen LogP contribution in [0.2, 0.25) is 0 Å². The predicted octanol–water partition coefficient (Wildman–Crippen LogP) is 1.83. The van der Waals surface area contributed by atoms with Gasteiger partial charge in [-0.05, 0) is 38.8 Å². The van der Waals surface area contributed by atoms with Gasteiger partial charge in [-0.15, -0.1) is 0 Å².